The van der Waals surface area contributed by atoms with Crippen molar-refractivity contribution in [3.8, 4) is 11.8 Å². The van der Waals surface area contributed by atoms with Gasteiger partial charge in [-0.05, 0) is 70.8 Å². The number of rotatable bonds is 5. The van der Waals surface area contributed by atoms with Crippen LogP contribution in [-0.2, 0) is 19.1 Å². The number of anilines is 1. The molecule has 0 aliphatic heterocycles. The van der Waals surface area contributed by atoms with Gasteiger partial charge in [0.15, 0.2) is 0 Å². The molecule has 2 aliphatic rings. The van der Waals surface area contributed by atoms with Gasteiger partial charge in [0.2, 0.25) is 5.91 Å². The molecule has 1 amide bonds. The minimum absolute atomic E-state index is 0.172. The molecule has 2 fully saturated rings. The first-order valence-electron chi connectivity index (χ1n) is 12.0. The third kappa shape index (κ3) is 6.00. The molecule has 0 aromatic carbocycles. The van der Waals surface area contributed by atoms with E-state index in [9.17, 15) is 19.5 Å². The van der Waals surface area contributed by atoms with Crippen molar-refractivity contribution in [1.29, 1.82) is 0 Å². The fraction of sp³-hybridized carbons (Fsp3) is 0.654. The van der Waals surface area contributed by atoms with Gasteiger partial charge in [-0.25, -0.2) is 4.79 Å². The first-order valence-corrected chi connectivity index (χ1v) is 12.8. The Bertz CT molecular complexity index is 981. The number of amides is 1. The van der Waals surface area contributed by atoms with Gasteiger partial charge >= 0.3 is 11.9 Å². The lowest BCUT2D eigenvalue weighted by Crippen LogP contribution is -2.47. The molecule has 1 aromatic rings. The molecule has 8 heteroatoms. The van der Waals surface area contributed by atoms with Crippen LogP contribution in [0.2, 0.25) is 0 Å². The largest absolute Gasteiger partial charge is 0.465 e. The molecule has 3 rings (SSSR count). The first-order chi connectivity index (χ1) is 16.0. The van der Waals surface area contributed by atoms with Gasteiger partial charge in [0.1, 0.15) is 16.7 Å². The van der Waals surface area contributed by atoms with Gasteiger partial charge in [-0.2, -0.15) is 0 Å². The fourth-order valence-corrected chi connectivity index (χ4v) is 6.00. The monoisotopic (exact) mass is 489 g/mol. The van der Waals surface area contributed by atoms with E-state index < -0.39 is 29.6 Å². The molecular weight excluding hydrogens is 454 g/mol. The maximum atomic E-state index is 13.8. The molecule has 0 bridgehead atoms. The highest BCUT2D eigenvalue weighted by atomic mass is 32.1. The van der Waals surface area contributed by atoms with Gasteiger partial charge in [0.05, 0.1) is 23.5 Å². The number of thiophene rings is 1. The Morgan fingerprint density at radius 1 is 1.24 bits per heavy atom. The van der Waals surface area contributed by atoms with E-state index in [4.69, 9.17) is 9.47 Å². The van der Waals surface area contributed by atoms with Gasteiger partial charge in [-0.1, -0.05) is 18.8 Å². The summed E-state index contributed by atoms with van der Waals surface area (Å²) in [5, 5.41) is 11.1. The second-order valence-corrected chi connectivity index (χ2v) is 10.8. The van der Waals surface area contributed by atoms with Crippen molar-refractivity contribution in [2.75, 3.05) is 12.0 Å². The minimum atomic E-state index is -1.00. The average Bonchev–Trinajstić information content (AvgIpc) is 3.38. The Morgan fingerprint density at radius 3 is 2.50 bits per heavy atom. The van der Waals surface area contributed by atoms with Crippen LogP contribution in [0.4, 0.5) is 5.00 Å². The van der Waals surface area contributed by atoms with Crippen molar-refractivity contribution in [1.82, 2.24) is 0 Å². The van der Waals surface area contributed by atoms with E-state index in [2.05, 4.69) is 18.8 Å². The Balaban J connectivity index is 1.98. The normalized spacial score (nSPS) is 23.7. The highest BCUT2D eigenvalue weighted by molar-refractivity contribution is 7.17. The van der Waals surface area contributed by atoms with E-state index in [0.29, 0.717) is 41.5 Å². The highest BCUT2D eigenvalue weighted by Gasteiger charge is 2.40. The number of nitrogens with zero attached hydrogens (tertiary/aromatic N) is 1. The number of methoxy groups -OCH3 is 1. The smallest absolute Gasteiger partial charge is 0.340 e. The molecule has 34 heavy (non-hydrogen) atoms. The van der Waals surface area contributed by atoms with Crippen LogP contribution in [0.5, 0.6) is 0 Å². The standard InChI is InChI=1S/C26H35NO6S/c1-16(2)27(23(29)20-9-8-17(3)14-22(20)33-18(4)28)24-21(25(30)32-5)15-19(34-24)10-13-26(31)11-6-7-12-26/h15-17,20,22,31H,6-9,11-12,14H2,1-5H3/t17-,20-,22+/m1/s1. The van der Waals surface area contributed by atoms with E-state index in [1.165, 1.54) is 25.4 Å². The molecule has 1 heterocycles. The molecular formula is C26H35NO6S. The molecule has 0 spiro atoms. The van der Waals surface area contributed by atoms with Crippen LogP contribution in [0, 0.1) is 23.7 Å². The van der Waals surface area contributed by atoms with E-state index in [1.54, 1.807) is 11.0 Å². The number of ether oxygens (including phenoxy) is 2. The summed E-state index contributed by atoms with van der Waals surface area (Å²) in [5.74, 6) is 4.74. The zero-order valence-electron chi connectivity index (χ0n) is 20.7. The van der Waals surface area contributed by atoms with Crippen molar-refractivity contribution >= 4 is 34.2 Å². The number of carbonyl (C=O) groups excluding carboxylic acids is 3. The Morgan fingerprint density at radius 2 is 1.91 bits per heavy atom. The summed E-state index contributed by atoms with van der Waals surface area (Å²) in [6.07, 6.45) is 4.76. The van der Waals surface area contributed by atoms with Crippen molar-refractivity contribution in [3.05, 3.63) is 16.5 Å². The summed E-state index contributed by atoms with van der Waals surface area (Å²) in [6, 6.07) is 1.39. The second-order valence-electron chi connectivity index (χ2n) is 9.78. The fourth-order valence-electron chi connectivity index (χ4n) is 4.86. The Labute approximate surface area is 205 Å². The minimum Gasteiger partial charge on any atom is -0.465 e. The molecule has 0 radical (unpaired) electrons. The third-order valence-electron chi connectivity index (χ3n) is 6.63. The first kappa shape index (κ1) is 26.2. The number of hydrogen-bond donors (Lipinski definition) is 1. The van der Waals surface area contributed by atoms with Gasteiger partial charge in [0, 0.05) is 13.0 Å². The van der Waals surface area contributed by atoms with Crippen LogP contribution in [0.1, 0.15) is 87.9 Å². The summed E-state index contributed by atoms with van der Waals surface area (Å²) in [5.41, 5.74) is -0.732. The molecule has 1 aromatic heterocycles. The van der Waals surface area contributed by atoms with Gasteiger partial charge < -0.3 is 19.5 Å². The molecule has 186 valence electrons. The predicted octanol–water partition coefficient (Wildman–Crippen LogP) is 4.30. The zero-order valence-corrected chi connectivity index (χ0v) is 21.5. The van der Waals surface area contributed by atoms with Crippen LogP contribution in [0.15, 0.2) is 6.07 Å². The van der Waals surface area contributed by atoms with Crippen molar-refractivity contribution in [2.45, 2.75) is 90.4 Å². The van der Waals surface area contributed by atoms with E-state index in [1.807, 2.05) is 13.8 Å². The van der Waals surface area contributed by atoms with Crippen molar-refractivity contribution in [2.24, 2.45) is 11.8 Å². The van der Waals surface area contributed by atoms with Gasteiger partial charge in [-0.3, -0.25) is 9.59 Å². The lowest BCUT2D eigenvalue weighted by molar-refractivity contribution is -0.154. The number of hydrogen-bond acceptors (Lipinski definition) is 7. The summed E-state index contributed by atoms with van der Waals surface area (Å²) < 4.78 is 10.5. The van der Waals surface area contributed by atoms with Crippen LogP contribution >= 0.6 is 11.3 Å². The van der Waals surface area contributed by atoms with E-state index in [-0.39, 0.29) is 17.5 Å². The summed E-state index contributed by atoms with van der Waals surface area (Å²) in [7, 11) is 1.30. The molecule has 0 saturated heterocycles. The number of carbonyl (C=O) groups is 3. The van der Waals surface area contributed by atoms with E-state index in [0.717, 1.165) is 19.3 Å². The third-order valence-corrected chi connectivity index (χ3v) is 7.68. The van der Waals surface area contributed by atoms with Gasteiger partial charge in [0.25, 0.3) is 0 Å². The maximum Gasteiger partial charge on any atom is 0.340 e. The molecule has 3 atom stereocenters. The van der Waals surface area contributed by atoms with Crippen LogP contribution in [0.25, 0.3) is 0 Å². The maximum absolute atomic E-state index is 13.8. The Hall–Kier alpha value is -2.37. The molecule has 1 N–H and O–H groups in total. The molecule has 0 unspecified atom stereocenters. The van der Waals surface area contributed by atoms with Crippen molar-refractivity contribution in [3.63, 3.8) is 0 Å². The molecule has 7 nitrogen and oxygen atoms in total. The number of aliphatic hydroxyl groups is 1. The van der Waals surface area contributed by atoms with Crippen LogP contribution in [-0.4, -0.2) is 47.8 Å². The lowest BCUT2D eigenvalue weighted by Gasteiger charge is -2.37. The summed E-state index contributed by atoms with van der Waals surface area (Å²) in [4.78, 5) is 40.4. The van der Waals surface area contributed by atoms with E-state index >= 15 is 0 Å². The van der Waals surface area contributed by atoms with Crippen LogP contribution < -0.4 is 4.90 Å². The highest BCUT2D eigenvalue weighted by Crippen LogP contribution is 2.38. The lowest BCUT2D eigenvalue weighted by atomic mass is 9.79. The Kier molecular flexibility index (Phi) is 8.43. The van der Waals surface area contributed by atoms with Crippen LogP contribution in [0.3, 0.4) is 0 Å². The zero-order chi connectivity index (χ0) is 25.0. The van der Waals surface area contributed by atoms with Gasteiger partial charge in [-0.15, -0.1) is 11.3 Å². The SMILES string of the molecule is COC(=O)c1cc(C#CC2(O)CCCC2)sc1N(C(=O)[C@@H]1CC[C@@H](C)C[C@@H]1OC(C)=O)C(C)C. The topological polar surface area (TPSA) is 93.1 Å². The van der Waals surface area contributed by atoms with Crippen molar-refractivity contribution < 1.29 is 29.0 Å². The summed E-state index contributed by atoms with van der Waals surface area (Å²) >= 11 is 1.24. The molecule has 2 aliphatic carbocycles. The average molecular weight is 490 g/mol. The second kappa shape index (κ2) is 10.9. The number of esters is 2. The molecule has 2 saturated carbocycles. The quantitative estimate of drug-likeness (QED) is 0.490. The summed E-state index contributed by atoms with van der Waals surface area (Å²) in [6.45, 7) is 7.23. The predicted molar refractivity (Wildman–Crippen MR) is 131 cm³/mol.